The van der Waals surface area contributed by atoms with Crippen molar-refractivity contribution in [3.63, 3.8) is 0 Å². The summed E-state index contributed by atoms with van der Waals surface area (Å²) in [4.78, 5) is 12.6. The highest BCUT2D eigenvalue weighted by Gasteiger charge is 2.11. The van der Waals surface area contributed by atoms with Gasteiger partial charge in [-0.1, -0.05) is 23.2 Å². The first-order chi connectivity index (χ1) is 8.70. The first-order valence-corrected chi connectivity index (χ1v) is 6.82. The fourth-order valence-electron chi connectivity index (χ4n) is 1.24. The van der Waals surface area contributed by atoms with Crippen molar-refractivity contribution in [2.24, 2.45) is 0 Å². The van der Waals surface area contributed by atoms with Gasteiger partial charge in [0.05, 0.1) is 10.0 Å². The van der Waals surface area contributed by atoms with Crippen molar-refractivity contribution in [2.75, 3.05) is 11.9 Å². The molecule has 0 atom stereocenters. The standard InChI is InChI=1S/C11H10Cl2N4S/c1-2-14-9-7(12)6-8(13)10(17-9)18-11-15-4-3-5-16-11/h3-6H,2H2,1H3,(H,14,17). The van der Waals surface area contributed by atoms with Gasteiger partial charge in [0.1, 0.15) is 10.8 Å². The minimum absolute atomic E-state index is 0.485. The van der Waals surface area contributed by atoms with E-state index in [1.165, 1.54) is 11.8 Å². The Morgan fingerprint density at radius 3 is 2.61 bits per heavy atom. The predicted molar refractivity (Wildman–Crippen MR) is 74.6 cm³/mol. The Hall–Kier alpha value is -1.04. The molecule has 2 heterocycles. The van der Waals surface area contributed by atoms with Gasteiger partial charge < -0.3 is 5.32 Å². The van der Waals surface area contributed by atoms with Gasteiger partial charge in [0.15, 0.2) is 5.16 Å². The van der Waals surface area contributed by atoms with Gasteiger partial charge in [-0.15, -0.1) is 0 Å². The SMILES string of the molecule is CCNc1nc(Sc2ncccn2)c(Cl)cc1Cl. The molecule has 18 heavy (non-hydrogen) atoms. The van der Waals surface area contributed by atoms with Crippen molar-refractivity contribution in [3.05, 3.63) is 34.6 Å². The zero-order valence-electron chi connectivity index (χ0n) is 9.52. The molecule has 0 aliphatic heterocycles. The Morgan fingerprint density at radius 2 is 1.94 bits per heavy atom. The summed E-state index contributed by atoms with van der Waals surface area (Å²) in [5.41, 5.74) is 0. The lowest BCUT2D eigenvalue weighted by atomic mass is 10.4. The van der Waals surface area contributed by atoms with Crippen LogP contribution in [-0.4, -0.2) is 21.5 Å². The number of nitrogens with zero attached hydrogens (tertiary/aromatic N) is 3. The van der Waals surface area contributed by atoms with Crippen LogP contribution in [0.4, 0.5) is 5.82 Å². The molecule has 2 aromatic heterocycles. The van der Waals surface area contributed by atoms with Crippen molar-refractivity contribution < 1.29 is 0 Å². The number of pyridine rings is 1. The van der Waals surface area contributed by atoms with E-state index in [-0.39, 0.29) is 0 Å². The van der Waals surface area contributed by atoms with Crippen LogP contribution in [-0.2, 0) is 0 Å². The van der Waals surface area contributed by atoms with E-state index in [4.69, 9.17) is 23.2 Å². The van der Waals surface area contributed by atoms with E-state index in [2.05, 4.69) is 20.3 Å². The van der Waals surface area contributed by atoms with E-state index in [1.54, 1.807) is 24.5 Å². The second-order valence-corrected chi connectivity index (χ2v) is 5.04. The molecule has 2 rings (SSSR count). The molecule has 0 amide bonds. The highest BCUT2D eigenvalue weighted by molar-refractivity contribution is 7.99. The Balaban J connectivity index is 2.30. The molecule has 94 valence electrons. The molecule has 0 fully saturated rings. The van der Waals surface area contributed by atoms with Gasteiger partial charge in [-0.05, 0) is 30.8 Å². The van der Waals surface area contributed by atoms with Crippen molar-refractivity contribution >= 4 is 40.8 Å². The van der Waals surface area contributed by atoms with E-state index in [0.717, 1.165) is 6.54 Å². The molecular weight excluding hydrogens is 291 g/mol. The normalized spacial score (nSPS) is 10.4. The predicted octanol–water partition coefficient (Wildman–Crippen LogP) is 3.76. The van der Waals surface area contributed by atoms with Crippen LogP contribution >= 0.6 is 35.0 Å². The summed E-state index contributed by atoms with van der Waals surface area (Å²) in [6.07, 6.45) is 3.34. The van der Waals surface area contributed by atoms with Crippen molar-refractivity contribution in [2.45, 2.75) is 17.1 Å². The van der Waals surface area contributed by atoms with E-state index in [0.29, 0.717) is 26.0 Å². The number of hydrogen-bond donors (Lipinski definition) is 1. The van der Waals surface area contributed by atoms with Gasteiger partial charge in [-0.2, -0.15) is 0 Å². The average molecular weight is 301 g/mol. The number of nitrogens with one attached hydrogen (secondary N) is 1. The Bertz CT molecular complexity index is 536. The van der Waals surface area contributed by atoms with Crippen LogP contribution in [0.2, 0.25) is 10.0 Å². The first kappa shape index (κ1) is 13.4. The molecule has 0 saturated heterocycles. The summed E-state index contributed by atoms with van der Waals surface area (Å²) in [5.74, 6) is 0.613. The van der Waals surface area contributed by atoms with E-state index < -0.39 is 0 Å². The lowest BCUT2D eigenvalue weighted by Crippen LogP contribution is -2.01. The fraction of sp³-hybridized carbons (Fsp3) is 0.182. The zero-order valence-corrected chi connectivity index (χ0v) is 11.9. The van der Waals surface area contributed by atoms with Crippen molar-refractivity contribution in [1.82, 2.24) is 15.0 Å². The molecule has 0 aliphatic carbocycles. The van der Waals surface area contributed by atoms with Crippen LogP contribution in [0, 0.1) is 0 Å². The molecule has 0 saturated carbocycles. The van der Waals surface area contributed by atoms with Crippen LogP contribution in [0.5, 0.6) is 0 Å². The summed E-state index contributed by atoms with van der Waals surface area (Å²) in [6.45, 7) is 2.71. The summed E-state index contributed by atoms with van der Waals surface area (Å²) >= 11 is 13.4. The van der Waals surface area contributed by atoms with Crippen molar-refractivity contribution in [1.29, 1.82) is 0 Å². The van der Waals surface area contributed by atoms with Crippen LogP contribution in [0.15, 0.2) is 34.7 Å². The number of hydrogen-bond acceptors (Lipinski definition) is 5. The Kier molecular flexibility index (Phi) is 4.63. The van der Waals surface area contributed by atoms with Gasteiger partial charge >= 0.3 is 0 Å². The molecule has 0 aromatic carbocycles. The summed E-state index contributed by atoms with van der Waals surface area (Å²) < 4.78 is 0. The minimum atomic E-state index is 0.485. The number of aromatic nitrogens is 3. The molecule has 7 heteroatoms. The van der Waals surface area contributed by atoms with Gasteiger partial charge in [-0.25, -0.2) is 15.0 Å². The third-order valence-electron chi connectivity index (χ3n) is 1.97. The molecule has 0 unspecified atom stereocenters. The second-order valence-electron chi connectivity index (χ2n) is 3.27. The zero-order chi connectivity index (χ0) is 13.0. The molecule has 0 aliphatic rings. The van der Waals surface area contributed by atoms with E-state index in [9.17, 15) is 0 Å². The van der Waals surface area contributed by atoms with Crippen LogP contribution < -0.4 is 5.32 Å². The average Bonchev–Trinajstić information content (AvgIpc) is 2.37. The smallest absolute Gasteiger partial charge is 0.193 e. The molecular formula is C11H10Cl2N4S. The van der Waals surface area contributed by atoms with Gasteiger partial charge in [0, 0.05) is 18.9 Å². The summed E-state index contributed by atoms with van der Waals surface area (Å²) in [7, 11) is 0. The van der Waals surface area contributed by atoms with Gasteiger partial charge in [-0.3, -0.25) is 0 Å². The number of halogens is 2. The molecule has 0 radical (unpaired) electrons. The highest BCUT2D eigenvalue weighted by atomic mass is 35.5. The van der Waals surface area contributed by atoms with Crippen LogP contribution in [0.25, 0.3) is 0 Å². The molecule has 4 nitrogen and oxygen atoms in total. The molecule has 1 N–H and O–H groups in total. The first-order valence-electron chi connectivity index (χ1n) is 5.25. The largest absolute Gasteiger partial charge is 0.369 e. The monoisotopic (exact) mass is 300 g/mol. The maximum Gasteiger partial charge on any atom is 0.193 e. The van der Waals surface area contributed by atoms with Crippen LogP contribution in [0.3, 0.4) is 0 Å². The van der Waals surface area contributed by atoms with Gasteiger partial charge in [0.2, 0.25) is 0 Å². The van der Waals surface area contributed by atoms with E-state index >= 15 is 0 Å². The third-order valence-corrected chi connectivity index (χ3v) is 3.56. The summed E-state index contributed by atoms with van der Waals surface area (Å²) in [5, 5.41) is 5.28. The number of anilines is 1. The van der Waals surface area contributed by atoms with E-state index in [1.807, 2.05) is 6.92 Å². The molecule has 2 aromatic rings. The van der Waals surface area contributed by atoms with Crippen LogP contribution in [0.1, 0.15) is 6.92 Å². The maximum absolute atomic E-state index is 6.10. The van der Waals surface area contributed by atoms with Gasteiger partial charge in [0.25, 0.3) is 0 Å². The summed E-state index contributed by atoms with van der Waals surface area (Å²) in [6, 6.07) is 3.42. The topological polar surface area (TPSA) is 50.7 Å². The highest BCUT2D eigenvalue weighted by Crippen LogP contribution is 2.34. The Labute approximate surface area is 119 Å². The minimum Gasteiger partial charge on any atom is -0.369 e. The number of rotatable bonds is 4. The molecule has 0 spiro atoms. The Morgan fingerprint density at radius 1 is 1.22 bits per heavy atom. The lowest BCUT2D eigenvalue weighted by molar-refractivity contribution is 0.960. The fourth-order valence-corrected chi connectivity index (χ4v) is 2.47. The maximum atomic E-state index is 6.10. The molecule has 0 bridgehead atoms. The quantitative estimate of drug-likeness (QED) is 0.871. The third kappa shape index (κ3) is 3.25. The van der Waals surface area contributed by atoms with Crippen molar-refractivity contribution in [3.8, 4) is 0 Å². The second kappa shape index (κ2) is 6.22. The lowest BCUT2D eigenvalue weighted by Gasteiger charge is -2.08.